The molecule has 0 aliphatic rings. The van der Waals surface area contributed by atoms with Gasteiger partial charge in [-0.05, 0) is 44.9 Å². The molecule has 2 amide bonds. The quantitative estimate of drug-likeness (QED) is 0.450. The lowest BCUT2D eigenvalue weighted by Gasteiger charge is -2.20. The van der Waals surface area contributed by atoms with Gasteiger partial charge in [-0.1, -0.05) is 12.1 Å². The molecule has 0 aliphatic carbocycles. The Balaban J connectivity index is 2.63. The first-order chi connectivity index (χ1) is 13.1. The van der Waals surface area contributed by atoms with E-state index >= 15 is 0 Å². The van der Waals surface area contributed by atoms with Gasteiger partial charge in [-0.15, -0.1) is 0 Å². The van der Waals surface area contributed by atoms with Crippen LogP contribution >= 0.6 is 0 Å². The van der Waals surface area contributed by atoms with E-state index in [1.165, 1.54) is 4.90 Å². The van der Waals surface area contributed by atoms with E-state index in [2.05, 4.69) is 20.9 Å². The van der Waals surface area contributed by atoms with Crippen LogP contribution in [0.3, 0.4) is 0 Å². The highest BCUT2D eigenvalue weighted by Crippen LogP contribution is 2.11. The third kappa shape index (κ3) is 9.80. The maximum Gasteiger partial charge on any atom is 0.242 e. The average Bonchev–Trinajstić information content (AvgIpc) is 2.62. The maximum absolute atomic E-state index is 12.0. The fourth-order valence-electron chi connectivity index (χ4n) is 2.22. The molecule has 1 aromatic carbocycles. The molecule has 3 N–H and O–H groups in total. The number of nitrogens with one attached hydrogen (secondary N) is 3. The number of aliphatic imine (C=N–C) groups is 1. The first-order valence-electron chi connectivity index (χ1n) is 9.27. The molecule has 0 spiro atoms. The van der Waals surface area contributed by atoms with Crippen molar-refractivity contribution in [2.24, 2.45) is 4.99 Å². The maximum atomic E-state index is 12.0. The van der Waals surface area contributed by atoms with Crippen LogP contribution < -0.4 is 20.7 Å². The summed E-state index contributed by atoms with van der Waals surface area (Å²) in [5, 5.41) is 9.00. The van der Waals surface area contributed by atoms with Gasteiger partial charge in [-0.2, -0.15) is 0 Å². The van der Waals surface area contributed by atoms with E-state index in [0.717, 1.165) is 17.7 Å². The van der Waals surface area contributed by atoms with Gasteiger partial charge in [0.25, 0.3) is 0 Å². The molecule has 0 bridgehead atoms. The van der Waals surface area contributed by atoms with Crippen molar-refractivity contribution in [1.29, 1.82) is 0 Å². The Labute approximate surface area is 167 Å². The Kier molecular flexibility index (Phi) is 9.27. The first kappa shape index (κ1) is 23.3. The zero-order valence-electron chi connectivity index (χ0n) is 17.8. The smallest absolute Gasteiger partial charge is 0.242 e. The normalized spacial score (nSPS) is 11.6. The number of amides is 2. The summed E-state index contributed by atoms with van der Waals surface area (Å²) >= 11 is 0. The molecule has 0 aromatic heterocycles. The number of nitrogens with zero attached hydrogens (tertiary/aromatic N) is 2. The van der Waals surface area contributed by atoms with Gasteiger partial charge >= 0.3 is 0 Å². The predicted octanol–water partition coefficient (Wildman–Crippen LogP) is 0.776. The number of carbonyl (C=O) groups excluding carboxylic acids is 2. The van der Waals surface area contributed by atoms with Gasteiger partial charge < -0.3 is 25.6 Å². The van der Waals surface area contributed by atoms with E-state index in [1.807, 2.05) is 45.0 Å². The van der Waals surface area contributed by atoms with E-state index in [1.54, 1.807) is 21.2 Å². The van der Waals surface area contributed by atoms with Crippen molar-refractivity contribution in [3.8, 4) is 5.75 Å². The van der Waals surface area contributed by atoms with Crippen LogP contribution in [-0.4, -0.2) is 69.1 Å². The van der Waals surface area contributed by atoms with E-state index in [4.69, 9.17) is 4.74 Å². The molecule has 8 nitrogen and oxygen atoms in total. The number of rotatable bonds is 8. The predicted molar refractivity (Wildman–Crippen MR) is 112 cm³/mol. The van der Waals surface area contributed by atoms with Crippen molar-refractivity contribution in [3.63, 3.8) is 0 Å². The molecule has 0 saturated heterocycles. The van der Waals surface area contributed by atoms with Gasteiger partial charge in [-0.3, -0.25) is 9.59 Å². The molecule has 0 saturated carbocycles. The Morgan fingerprint density at radius 2 is 1.75 bits per heavy atom. The topological polar surface area (TPSA) is 95.1 Å². The second kappa shape index (κ2) is 11.2. The van der Waals surface area contributed by atoms with E-state index in [0.29, 0.717) is 12.5 Å². The molecule has 0 atom stereocenters. The van der Waals surface area contributed by atoms with Gasteiger partial charge in [-0.25, -0.2) is 4.99 Å². The lowest BCUT2D eigenvalue weighted by atomic mass is 10.1. The number of guanidine groups is 1. The van der Waals surface area contributed by atoms with Gasteiger partial charge in [0.2, 0.25) is 11.8 Å². The van der Waals surface area contributed by atoms with Gasteiger partial charge in [0.1, 0.15) is 12.3 Å². The molecule has 0 heterocycles. The second-order valence-corrected chi connectivity index (χ2v) is 7.63. The molecule has 28 heavy (non-hydrogen) atoms. The second-order valence-electron chi connectivity index (χ2n) is 7.63. The number of methoxy groups -OCH3 is 1. The van der Waals surface area contributed by atoms with Crippen molar-refractivity contribution in [1.82, 2.24) is 20.9 Å². The first-order valence-corrected chi connectivity index (χ1v) is 9.27. The zero-order chi connectivity index (χ0) is 21.2. The number of likely N-dealkylation sites (N-methyl/N-ethyl adjacent to an activating group) is 1. The molecule has 8 heteroatoms. The van der Waals surface area contributed by atoms with Crippen molar-refractivity contribution < 1.29 is 14.3 Å². The highest BCUT2D eigenvalue weighted by molar-refractivity contribution is 5.88. The van der Waals surface area contributed by atoms with Crippen LogP contribution in [0.25, 0.3) is 0 Å². The summed E-state index contributed by atoms with van der Waals surface area (Å²) in [7, 11) is 5.01. The van der Waals surface area contributed by atoms with Crippen LogP contribution in [0.2, 0.25) is 0 Å². The number of ether oxygens (including phenoxy) is 1. The minimum Gasteiger partial charge on any atom is -0.497 e. The van der Waals surface area contributed by atoms with Gasteiger partial charge in [0.05, 0.1) is 13.7 Å². The summed E-state index contributed by atoms with van der Waals surface area (Å²) in [5.41, 5.74) is 0.825. The average molecular weight is 392 g/mol. The van der Waals surface area contributed by atoms with Crippen LogP contribution in [0.15, 0.2) is 29.3 Å². The van der Waals surface area contributed by atoms with Gasteiger partial charge in [0.15, 0.2) is 5.96 Å². The Bertz CT molecular complexity index is 663. The Morgan fingerprint density at radius 1 is 1.11 bits per heavy atom. The highest BCUT2D eigenvalue weighted by atomic mass is 16.5. The fourth-order valence-corrected chi connectivity index (χ4v) is 2.22. The molecule has 1 rings (SSSR count). The number of hydrogen-bond acceptors (Lipinski definition) is 4. The zero-order valence-corrected chi connectivity index (χ0v) is 17.8. The summed E-state index contributed by atoms with van der Waals surface area (Å²) in [6.45, 7) is 6.42. The molecule has 0 unspecified atom stereocenters. The van der Waals surface area contributed by atoms with Crippen LogP contribution in [-0.2, 0) is 16.0 Å². The van der Waals surface area contributed by atoms with E-state index in [9.17, 15) is 9.59 Å². The highest BCUT2D eigenvalue weighted by Gasteiger charge is 2.13. The van der Waals surface area contributed by atoms with Gasteiger partial charge in [0, 0.05) is 26.2 Å². The standard InChI is InChI=1S/C20H33N5O3/c1-20(2,3)24-17(26)13-22-19(23-14-18(27)25(4)5)21-12-11-15-7-9-16(28-6)10-8-15/h7-10H,11-14H2,1-6H3,(H,24,26)(H2,21,22,23). The van der Waals surface area contributed by atoms with Crippen molar-refractivity contribution in [3.05, 3.63) is 29.8 Å². The number of hydrogen-bond donors (Lipinski definition) is 3. The molecule has 156 valence electrons. The summed E-state index contributed by atoms with van der Waals surface area (Å²) in [5.74, 6) is 0.979. The summed E-state index contributed by atoms with van der Waals surface area (Å²) in [4.78, 5) is 29.6. The van der Waals surface area contributed by atoms with E-state index < -0.39 is 0 Å². The molecule has 0 aliphatic heterocycles. The molecule has 0 radical (unpaired) electrons. The minimum absolute atomic E-state index is 0.0225. The summed E-state index contributed by atoms with van der Waals surface area (Å²) < 4.78 is 5.16. The number of benzene rings is 1. The van der Waals surface area contributed by atoms with Crippen molar-refractivity contribution in [2.75, 3.05) is 40.8 Å². The SMILES string of the molecule is COc1ccc(CCNC(=NCC(=O)NC(C)(C)C)NCC(=O)N(C)C)cc1. The fraction of sp³-hybridized carbons (Fsp3) is 0.550. The third-order valence-corrected chi connectivity index (χ3v) is 3.67. The van der Waals surface area contributed by atoms with Crippen LogP contribution in [0.4, 0.5) is 0 Å². The lowest BCUT2D eigenvalue weighted by molar-refractivity contribution is -0.127. The minimum atomic E-state index is -0.317. The number of carbonyl (C=O) groups is 2. The van der Waals surface area contributed by atoms with Crippen LogP contribution in [0.5, 0.6) is 5.75 Å². The Hall–Kier alpha value is -2.77. The monoisotopic (exact) mass is 391 g/mol. The molecular weight excluding hydrogens is 358 g/mol. The summed E-state index contributed by atoms with van der Waals surface area (Å²) in [6, 6.07) is 7.82. The molecule has 1 aromatic rings. The largest absolute Gasteiger partial charge is 0.497 e. The van der Waals surface area contributed by atoms with E-state index in [-0.39, 0.29) is 30.4 Å². The molecule has 0 fully saturated rings. The molecular formula is C20H33N5O3. The van der Waals surface area contributed by atoms with Crippen molar-refractivity contribution >= 4 is 17.8 Å². The lowest BCUT2D eigenvalue weighted by Crippen LogP contribution is -2.45. The third-order valence-electron chi connectivity index (χ3n) is 3.67. The van der Waals surface area contributed by atoms with Crippen LogP contribution in [0.1, 0.15) is 26.3 Å². The van der Waals surface area contributed by atoms with Crippen molar-refractivity contribution in [2.45, 2.75) is 32.7 Å². The Morgan fingerprint density at radius 3 is 2.29 bits per heavy atom. The summed E-state index contributed by atoms with van der Waals surface area (Å²) in [6.07, 6.45) is 0.764. The van der Waals surface area contributed by atoms with Crippen LogP contribution in [0, 0.1) is 0 Å².